The number of unbranched alkanes of at least 4 members (excludes halogenated alkanes) is 3. The zero-order valence-corrected chi connectivity index (χ0v) is 16.7. The van der Waals surface area contributed by atoms with Crippen molar-refractivity contribution in [2.45, 2.75) is 51.3 Å². The molecule has 0 aliphatic heterocycles. The largest absolute Gasteiger partial charge is 0.507 e. The first kappa shape index (κ1) is 20.3. The van der Waals surface area contributed by atoms with Crippen LogP contribution in [0.3, 0.4) is 0 Å². The van der Waals surface area contributed by atoms with Crippen molar-refractivity contribution >= 4 is 23.6 Å². The van der Waals surface area contributed by atoms with Gasteiger partial charge in [0.15, 0.2) is 5.78 Å². The summed E-state index contributed by atoms with van der Waals surface area (Å²) in [5, 5.41) is 9.82. The van der Waals surface area contributed by atoms with Crippen molar-refractivity contribution in [2.24, 2.45) is 0 Å². The van der Waals surface area contributed by atoms with Crippen molar-refractivity contribution in [2.75, 3.05) is 5.75 Å². The zero-order chi connectivity index (χ0) is 18.9. The van der Waals surface area contributed by atoms with E-state index < -0.39 is 0 Å². The number of hydrogen-bond donors (Lipinski definition) is 1. The second-order valence-electron chi connectivity index (χ2n) is 6.63. The maximum absolute atomic E-state index is 12.4. The molecule has 138 valence electrons. The molecule has 2 rings (SSSR count). The standard InChI is InChI=1S/C23H28O2S/c1-4-5-6-7-14-26-21-11-9-20(10-12-21)22(24)13-8-19-15-17(2)23(25)18(3)16-19/h8-13,15-16,25H,4-7,14H2,1-3H3. The Kier molecular flexibility index (Phi) is 7.99. The second-order valence-corrected chi connectivity index (χ2v) is 7.80. The monoisotopic (exact) mass is 368 g/mol. The molecule has 0 amide bonds. The number of benzene rings is 2. The molecule has 0 heterocycles. The van der Waals surface area contributed by atoms with Crippen LogP contribution in [0.25, 0.3) is 6.08 Å². The van der Waals surface area contributed by atoms with E-state index in [4.69, 9.17) is 0 Å². The smallest absolute Gasteiger partial charge is 0.185 e. The number of phenolic OH excluding ortho intramolecular Hbond substituents is 1. The van der Waals surface area contributed by atoms with Gasteiger partial charge < -0.3 is 5.11 Å². The summed E-state index contributed by atoms with van der Waals surface area (Å²) >= 11 is 1.85. The van der Waals surface area contributed by atoms with Gasteiger partial charge in [-0.1, -0.05) is 32.3 Å². The molecule has 0 fully saturated rings. The lowest BCUT2D eigenvalue weighted by Gasteiger charge is -2.05. The van der Waals surface area contributed by atoms with Crippen LogP contribution in [0.5, 0.6) is 5.75 Å². The fourth-order valence-corrected chi connectivity index (χ4v) is 3.70. The van der Waals surface area contributed by atoms with E-state index in [1.165, 1.54) is 30.6 Å². The van der Waals surface area contributed by atoms with Crippen LogP contribution in [-0.4, -0.2) is 16.6 Å². The quantitative estimate of drug-likeness (QED) is 0.235. The van der Waals surface area contributed by atoms with Crippen molar-refractivity contribution in [1.82, 2.24) is 0 Å². The highest BCUT2D eigenvalue weighted by Crippen LogP contribution is 2.24. The Balaban J connectivity index is 1.93. The number of aromatic hydroxyl groups is 1. The van der Waals surface area contributed by atoms with Crippen LogP contribution in [0.4, 0.5) is 0 Å². The Hall–Kier alpha value is -2.00. The van der Waals surface area contributed by atoms with Gasteiger partial charge in [0, 0.05) is 10.5 Å². The summed E-state index contributed by atoms with van der Waals surface area (Å²) < 4.78 is 0. The van der Waals surface area contributed by atoms with E-state index in [0.717, 1.165) is 22.4 Å². The molecule has 1 N–H and O–H groups in total. The summed E-state index contributed by atoms with van der Waals surface area (Å²) in [6.07, 6.45) is 8.50. The van der Waals surface area contributed by atoms with Gasteiger partial charge in [0.1, 0.15) is 5.75 Å². The third-order valence-corrected chi connectivity index (χ3v) is 5.44. The first-order chi connectivity index (χ1) is 12.5. The Morgan fingerprint density at radius 2 is 1.69 bits per heavy atom. The number of carbonyl (C=O) groups excluding carboxylic acids is 1. The van der Waals surface area contributed by atoms with E-state index in [9.17, 15) is 9.90 Å². The maximum atomic E-state index is 12.4. The lowest BCUT2D eigenvalue weighted by atomic mass is 10.0. The van der Waals surface area contributed by atoms with Crippen LogP contribution in [0.15, 0.2) is 47.4 Å². The fraction of sp³-hybridized carbons (Fsp3) is 0.348. The van der Waals surface area contributed by atoms with E-state index in [1.807, 2.05) is 62.0 Å². The van der Waals surface area contributed by atoms with Crippen molar-refractivity contribution < 1.29 is 9.90 Å². The molecule has 2 aromatic carbocycles. The van der Waals surface area contributed by atoms with Crippen molar-refractivity contribution in [3.8, 4) is 5.75 Å². The highest BCUT2D eigenvalue weighted by Gasteiger charge is 2.04. The van der Waals surface area contributed by atoms with E-state index >= 15 is 0 Å². The van der Waals surface area contributed by atoms with Gasteiger partial charge in [-0.2, -0.15) is 0 Å². The van der Waals surface area contributed by atoms with E-state index in [2.05, 4.69) is 6.92 Å². The lowest BCUT2D eigenvalue weighted by Crippen LogP contribution is -1.94. The molecular formula is C23H28O2S. The molecule has 0 aliphatic carbocycles. The molecule has 0 spiro atoms. The Morgan fingerprint density at radius 1 is 1.04 bits per heavy atom. The first-order valence-corrected chi connectivity index (χ1v) is 10.2. The summed E-state index contributed by atoms with van der Waals surface area (Å²) in [7, 11) is 0. The first-order valence-electron chi connectivity index (χ1n) is 9.26. The number of rotatable bonds is 9. The zero-order valence-electron chi connectivity index (χ0n) is 15.9. The average Bonchev–Trinajstić information content (AvgIpc) is 2.64. The second kappa shape index (κ2) is 10.2. The maximum Gasteiger partial charge on any atom is 0.185 e. The fourth-order valence-electron chi connectivity index (χ4n) is 2.79. The topological polar surface area (TPSA) is 37.3 Å². The van der Waals surface area contributed by atoms with Crippen LogP contribution < -0.4 is 0 Å². The minimum Gasteiger partial charge on any atom is -0.507 e. The van der Waals surface area contributed by atoms with Crippen molar-refractivity contribution in [3.05, 3.63) is 64.7 Å². The van der Waals surface area contributed by atoms with E-state index in [-0.39, 0.29) is 5.78 Å². The van der Waals surface area contributed by atoms with Crippen LogP contribution in [0.1, 0.15) is 59.7 Å². The molecule has 26 heavy (non-hydrogen) atoms. The summed E-state index contributed by atoms with van der Waals surface area (Å²) in [6, 6.07) is 11.6. The highest BCUT2D eigenvalue weighted by atomic mass is 32.2. The van der Waals surface area contributed by atoms with E-state index in [0.29, 0.717) is 11.3 Å². The molecule has 0 unspecified atom stereocenters. The summed E-state index contributed by atoms with van der Waals surface area (Å²) in [5.41, 5.74) is 3.25. The normalized spacial score (nSPS) is 11.2. The summed E-state index contributed by atoms with van der Waals surface area (Å²) in [6.45, 7) is 5.95. The number of thioether (sulfide) groups is 1. The lowest BCUT2D eigenvalue weighted by molar-refractivity contribution is 0.104. The van der Waals surface area contributed by atoms with Crippen molar-refractivity contribution in [3.63, 3.8) is 0 Å². The molecule has 2 aromatic rings. The molecule has 3 heteroatoms. The SMILES string of the molecule is CCCCCCSc1ccc(C(=O)C=Cc2cc(C)c(O)c(C)c2)cc1. The van der Waals surface area contributed by atoms with Gasteiger partial charge in [-0.25, -0.2) is 0 Å². The minimum atomic E-state index is -0.00660. The minimum absolute atomic E-state index is 0.00660. The van der Waals surface area contributed by atoms with E-state index in [1.54, 1.807) is 12.2 Å². The molecule has 2 nitrogen and oxygen atoms in total. The van der Waals surface area contributed by atoms with Crippen LogP contribution in [-0.2, 0) is 0 Å². The number of allylic oxidation sites excluding steroid dienone is 1. The molecule has 0 saturated carbocycles. The van der Waals surface area contributed by atoms with Gasteiger partial charge in [0.05, 0.1) is 0 Å². The molecule has 0 radical (unpaired) electrons. The predicted molar refractivity (Wildman–Crippen MR) is 112 cm³/mol. The number of aryl methyl sites for hydroxylation is 2. The Bertz CT molecular complexity index is 737. The number of carbonyl (C=O) groups is 1. The number of phenols is 1. The molecule has 0 atom stereocenters. The van der Waals surface area contributed by atoms with Crippen molar-refractivity contribution in [1.29, 1.82) is 0 Å². The number of hydrogen-bond acceptors (Lipinski definition) is 3. The molecule has 0 aliphatic rings. The number of ketones is 1. The van der Waals surface area contributed by atoms with Crippen LogP contribution >= 0.6 is 11.8 Å². The van der Waals surface area contributed by atoms with Gasteiger partial charge >= 0.3 is 0 Å². The van der Waals surface area contributed by atoms with Gasteiger partial charge in [-0.15, -0.1) is 11.8 Å². The highest BCUT2D eigenvalue weighted by molar-refractivity contribution is 7.99. The van der Waals surface area contributed by atoms with Gasteiger partial charge in [-0.3, -0.25) is 4.79 Å². The third-order valence-electron chi connectivity index (χ3n) is 4.35. The van der Waals surface area contributed by atoms with Crippen LogP contribution in [0, 0.1) is 13.8 Å². The average molecular weight is 369 g/mol. The Morgan fingerprint density at radius 3 is 2.31 bits per heavy atom. The Labute approximate surface area is 161 Å². The van der Waals surface area contributed by atoms with Crippen LogP contribution in [0.2, 0.25) is 0 Å². The summed E-state index contributed by atoms with van der Waals surface area (Å²) in [4.78, 5) is 13.6. The third kappa shape index (κ3) is 6.06. The van der Waals surface area contributed by atoms with Gasteiger partial charge in [0.2, 0.25) is 0 Å². The summed E-state index contributed by atoms with van der Waals surface area (Å²) in [5.74, 6) is 1.44. The molecule has 0 saturated heterocycles. The van der Waals surface area contributed by atoms with Gasteiger partial charge in [-0.05, 0) is 85.2 Å². The van der Waals surface area contributed by atoms with Gasteiger partial charge in [0.25, 0.3) is 0 Å². The molecular weight excluding hydrogens is 340 g/mol. The molecule has 0 aromatic heterocycles. The molecule has 0 bridgehead atoms. The predicted octanol–water partition coefficient (Wildman–Crippen LogP) is 6.58.